The zero-order valence-electron chi connectivity index (χ0n) is 17.8. The molecule has 30 heavy (non-hydrogen) atoms. The lowest BCUT2D eigenvalue weighted by Crippen LogP contribution is -2.43. The highest BCUT2D eigenvalue weighted by atomic mass is 32.1. The molecule has 0 spiro atoms. The fourth-order valence-corrected chi connectivity index (χ4v) is 4.57. The largest absolute Gasteiger partial charge is 0.459 e. The number of hydrogen-bond acceptors (Lipinski definition) is 6. The van der Waals surface area contributed by atoms with Gasteiger partial charge in [0.1, 0.15) is 10.6 Å². The Bertz CT molecular complexity index is 1020. The summed E-state index contributed by atoms with van der Waals surface area (Å²) >= 11 is 1.37. The van der Waals surface area contributed by atoms with Crippen molar-refractivity contribution in [2.24, 2.45) is 0 Å². The van der Waals surface area contributed by atoms with Crippen LogP contribution in [0.25, 0.3) is 10.8 Å². The van der Waals surface area contributed by atoms with Crippen LogP contribution in [0.3, 0.4) is 0 Å². The summed E-state index contributed by atoms with van der Waals surface area (Å²) in [6.45, 7) is 9.64. The lowest BCUT2D eigenvalue weighted by molar-refractivity contribution is 0.0954. The van der Waals surface area contributed by atoms with Gasteiger partial charge in [0, 0.05) is 39.3 Å². The molecule has 1 fully saturated rings. The summed E-state index contributed by atoms with van der Waals surface area (Å²) in [5.41, 5.74) is 3.13. The van der Waals surface area contributed by atoms with Gasteiger partial charge in [0.15, 0.2) is 10.8 Å². The van der Waals surface area contributed by atoms with E-state index in [1.165, 1.54) is 16.9 Å². The second kappa shape index (κ2) is 9.12. The molecule has 2 aromatic heterocycles. The molecule has 158 valence electrons. The van der Waals surface area contributed by atoms with Crippen molar-refractivity contribution in [1.82, 2.24) is 20.1 Å². The van der Waals surface area contributed by atoms with E-state index in [0.29, 0.717) is 17.2 Å². The van der Waals surface area contributed by atoms with E-state index in [9.17, 15) is 4.79 Å². The van der Waals surface area contributed by atoms with Crippen LogP contribution in [0.15, 0.2) is 40.8 Å². The zero-order valence-corrected chi connectivity index (χ0v) is 18.6. The highest BCUT2D eigenvalue weighted by Crippen LogP contribution is 2.29. The number of nitrogens with one attached hydrogen (secondary N) is 1. The van der Waals surface area contributed by atoms with Crippen molar-refractivity contribution < 1.29 is 9.21 Å². The number of benzene rings is 1. The Morgan fingerprint density at radius 2 is 1.90 bits per heavy atom. The molecular weight excluding hydrogens is 396 g/mol. The predicted octanol–water partition coefficient (Wildman–Crippen LogP) is 3.70. The van der Waals surface area contributed by atoms with Crippen LogP contribution in [0.4, 0.5) is 0 Å². The first-order valence-electron chi connectivity index (χ1n) is 10.3. The van der Waals surface area contributed by atoms with Crippen LogP contribution >= 0.6 is 11.3 Å². The number of nitrogens with zero attached hydrogens (tertiary/aromatic N) is 3. The van der Waals surface area contributed by atoms with Gasteiger partial charge >= 0.3 is 0 Å². The Hall–Kier alpha value is -2.48. The molecule has 1 aromatic carbocycles. The smallest absolute Gasteiger partial charge is 0.263 e. The molecular formula is C23H28N4O2S. The fourth-order valence-electron chi connectivity index (χ4n) is 3.63. The number of aromatic nitrogens is 1. The highest BCUT2D eigenvalue weighted by Gasteiger charge is 2.18. The van der Waals surface area contributed by atoms with Gasteiger partial charge in [-0.3, -0.25) is 9.69 Å². The normalized spacial score (nSPS) is 15.4. The first kappa shape index (κ1) is 20.8. The van der Waals surface area contributed by atoms with Crippen LogP contribution < -0.4 is 5.32 Å². The summed E-state index contributed by atoms with van der Waals surface area (Å²) in [6, 6.07) is 12.3. The molecule has 1 amide bonds. The van der Waals surface area contributed by atoms with Crippen LogP contribution in [-0.2, 0) is 13.1 Å². The van der Waals surface area contributed by atoms with Crippen molar-refractivity contribution in [3.63, 3.8) is 0 Å². The first-order valence-corrected chi connectivity index (χ1v) is 11.1. The van der Waals surface area contributed by atoms with Crippen molar-refractivity contribution in [1.29, 1.82) is 0 Å². The van der Waals surface area contributed by atoms with Crippen LogP contribution in [-0.4, -0.2) is 53.9 Å². The summed E-state index contributed by atoms with van der Waals surface area (Å²) in [5.74, 6) is 1.44. The molecule has 1 N–H and O–H groups in total. The molecule has 1 aliphatic heterocycles. The zero-order chi connectivity index (χ0) is 21.1. The van der Waals surface area contributed by atoms with Crippen molar-refractivity contribution in [3.8, 4) is 10.8 Å². The SMILES string of the molecule is Cc1ccc(-c2nc(C)c(C(=O)NCc3cccc(CN4CCN(C)CC4)c3)s2)o1. The molecule has 1 saturated heterocycles. The molecule has 0 saturated carbocycles. The van der Waals surface area contributed by atoms with Gasteiger partial charge in [-0.15, -0.1) is 11.3 Å². The monoisotopic (exact) mass is 424 g/mol. The number of carbonyl (C=O) groups excluding carboxylic acids is 1. The number of thiazole rings is 1. The Balaban J connectivity index is 1.36. The molecule has 0 bridgehead atoms. The third-order valence-corrected chi connectivity index (χ3v) is 6.57. The Morgan fingerprint density at radius 3 is 2.63 bits per heavy atom. The molecule has 3 aromatic rings. The minimum atomic E-state index is -0.0935. The van der Waals surface area contributed by atoms with E-state index in [2.05, 4.69) is 51.4 Å². The summed E-state index contributed by atoms with van der Waals surface area (Å²) in [5, 5.41) is 3.78. The summed E-state index contributed by atoms with van der Waals surface area (Å²) in [6.07, 6.45) is 0. The van der Waals surface area contributed by atoms with Gasteiger partial charge in [-0.25, -0.2) is 4.98 Å². The van der Waals surface area contributed by atoms with Gasteiger partial charge in [0.05, 0.1) is 5.69 Å². The van der Waals surface area contributed by atoms with E-state index >= 15 is 0 Å². The maximum atomic E-state index is 12.7. The molecule has 0 atom stereocenters. The van der Waals surface area contributed by atoms with E-state index in [1.54, 1.807) is 0 Å². The topological polar surface area (TPSA) is 61.6 Å². The van der Waals surface area contributed by atoms with Crippen LogP contribution in [0.2, 0.25) is 0 Å². The number of aryl methyl sites for hydroxylation is 2. The van der Waals surface area contributed by atoms with Crippen LogP contribution in [0, 0.1) is 13.8 Å². The van der Waals surface area contributed by atoms with Crippen molar-refractivity contribution in [3.05, 3.63) is 63.9 Å². The van der Waals surface area contributed by atoms with Gasteiger partial charge < -0.3 is 14.6 Å². The van der Waals surface area contributed by atoms with Gasteiger partial charge in [-0.2, -0.15) is 0 Å². The minimum absolute atomic E-state index is 0.0935. The van der Waals surface area contributed by atoms with Crippen LogP contribution in [0.1, 0.15) is 32.3 Å². The number of piperazine rings is 1. The summed E-state index contributed by atoms with van der Waals surface area (Å²) in [7, 11) is 2.17. The Morgan fingerprint density at radius 1 is 1.13 bits per heavy atom. The highest BCUT2D eigenvalue weighted by molar-refractivity contribution is 7.17. The van der Waals surface area contributed by atoms with Crippen molar-refractivity contribution in [2.45, 2.75) is 26.9 Å². The lowest BCUT2D eigenvalue weighted by Gasteiger charge is -2.32. The second-order valence-corrected chi connectivity index (χ2v) is 8.92. The quantitative estimate of drug-likeness (QED) is 0.654. The standard InChI is InChI=1S/C23H28N4O2S/c1-16-7-8-20(29-16)23-25-17(2)21(30-23)22(28)24-14-18-5-4-6-19(13-18)15-27-11-9-26(3)10-12-27/h4-8,13H,9-12,14-15H2,1-3H3,(H,24,28). The third kappa shape index (κ3) is 4.98. The fraction of sp³-hybridized carbons (Fsp3) is 0.391. The van der Waals surface area contributed by atoms with Crippen molar-refractivity contribution >= 4 is 17.2 Å². The van der Waals surface area contributed by atoms with Gasteiger partial charge in [-0.1, -0.05) is 24.3 Å². The van der Waals surface area contributed by atoms with Gasteiger partial charge in [0.25, 0.3) is 5.91 Å². The van der Waals surface area contributed by atoms with E-state index in [4.69, 9.17) is 4.42 Å². The van der Waals surface area contributed by atoms with E-state index in [-0.39, 0.29) is 5.91 Å². The first-order chi connectivity index (χ1) is 14.5. The maximum absolute atomic E-state index is 12.7. The molecule has 0 unspecified atom stereocenters. The number of rotatable bonds is 6. The average molecular weight is 425 g/mol. The molecule has 7 heteroatoms. The van der Waals surface area contributed by atoms with E-state index < -0.39 is 0 Å². The number of likely N-dealkylation sites (N-methyl/N-ethyl adjacent to an activating group) is 1. The number of hydrogen-bond donors (Lipinski definition) is 1. The molecule has 1 aliphatic rings. The van der Waals surface area contributed by atoms with Gasteiger partial charge in [0.2, 0.25) is 0 Å². The average Bonchev–Trinajstić information content (AvgIpc) is 3.34. The van der Waals surface area contributed by atoms with E-state index in [1.807, 2.05) is 26.0 Å². The molecule has 0 radical (unpaired) electrons. The molecule has 6 nitrogen and oxygen atoms in total. The second-order valence-electron chi connectivity index (χ2n) is 7.93. The number of furan rings is 1. The maximum Gasteiger partial charge on any atom is 0.263 e. The van der Waals surface area contributed by atoms with E-state index in [0.717, 1.165) is 54.7 Å². The summed E-state index contributed by atoms with van der Waals surface area (Å²) in [4.78, 5) is 22.7. The minimum Gasteiger partial charge on any atom is -0.459 e. The number of carbonyl (C=O) groups is 1. The van der Waals surface area contributed by atoms with Crippen molar-refractivity contribution in [2.75, 3.05) is 33.2 Å². The lowest BCUT2D eigenvalue weighted by atomic mass is 10.1. The van der Waals surface area contributed by atoms with Crippen LogP contribution in [0.5, 0.6) is 0 Å². The third-order valence-electron chi connectivity index (χ3n) is 5.40. The molecule has 3 heterocycles. The molecule has 4 rings (SSSR count). The summed E-state index contributed by atoms with van der Waals surface area (Å²) < 4.78 is 5.64. The Labute approximate surface area is 181 Å². The van der Waals surface area contributed by atoms with Gasteiger partial charge in [-0.05, 0) is 44.2 Å². The molecule has 0 aliphatic carbocycles. The number of amides is 1. The Kier molecular flexibility index (Phi) is 6.32. The predicted molar refractivity (Wildman–Crippen MR) is 120 cm³/mol.